The minimum Gasteiger partial charge on any atom is -0.236 e. The van der Waals surface area contributed by atoms with Crippen molar-refractivity contribution in [3.63, 3.8) is 0 Å². The van der Waals surface area contributed by atoms with Crippen molar-refractivity contribution in [2.45, 2.75) is 36.3 Å². The van der Waals surface area contributed by atoms with Gasteiger partial charge in [0, 0.05) is 11.1 Å². The van der Waals surface area contributed by atoms with Gasteiger partial charge in [0.1, 0.15) is 4.21 Å². The van der Waals surface area contributed by atoms with E-state index in [-0.39, 0.29) is 0 Å². The molecule has 2 aliphatic carbocycles. The topological polar surface area (TPSA) is 38.5 Å². The van der Waals surface area contributed by atoms with Crippen LogP contribution in [0.25, 0.3) is 10.5 Å². The molecule has 0 saturated heterocycles. The van der Waals surface area contributed by atoms with Crippen LogP contribution in [0, 0.1) is 6.57 Å². The number of rotatable bonds is 2. The molecule has 0 bridgehead atoms. The lowest BCUT2D eigenvalue weighted by Crippen LogP contribution is -2.05. The van der Waals surface area contributed by atoms with Crippen LogP contribution in [0.15, 0.2) is 45.2 Å². The van der Waals surface area contributed by atoms with E-state index < -0.39 is 9.84 Å². The summed E-state index contributed by atoms with van der Waals surface area (Å²) in [5.41, 5.74) is 4.35. The Balaban J connectivity index is 2.12. The summed E-state index contributed by atoms with van der Waals surface area (Å²) in [5.74, 6) is 0. The molecule has 1 aromatic rings. The molecule has 0 aromatic carbocycles. The van der Waals surface area contributed by atoms with Crippen LogP contribution in [0.3, 0.4) is 0 Å². The largest absolute Gasteiger partial charge is 0.236 e. The van der Waals surface area contributed by atoms with Gasteiger partial charge in [-0.2, -0.15) is 0 Å². The van der Waals surface area contributed by atoms with Crippen molar-refractivity contribution in [1.82, 2.24) is 0 Å². The molecule has 0 unspecified atom stereocenters. The van der Waals surface area contributed by atoms with Crippen LogP contribution in [-0.4, -0.2) is 14.7 Å². The van der Waals surface area contributed by atoms with Crippen molar-refractivity contribution in [3.8, 4) is 0 Å². The smallest absolute Gasteiger partial charge is 0.211 e. The van der Waals surface area contributed by atoms with Crippen LogP contribution >= 0.6 is 11.3 Å². The number of thiophene rings is 1. The molecule has 0 fully saturated rings. The van der Waals surface area contributed by atoms with Gasteiger partial charge in [-0.1, -0.05) is 29.4 Å². The van der Waals surface area contributed by atoms with Gasteiger partial charge >= 0.3 is 0 Å². The second-order valence-electron chi connectivity index (χ2n) is 5.66. The highest BCUT2D eigenvalue weighted by atomic mass is 32.2. The van der Waals surface area contributed by atoms with E-state index in [0.29, 0.717) is 9.91 Å². The van der Waals surface area contributed by atoms with Crippen molar-refractivity contribution in [3.05, 3.63) is 57.3 Å². The molecule has 0 amide bonds. The molecular weight excluding hydrogens is 314 g/mol. The van der Waals surface area contributed by atoms with Gasteiger partial charge in [0.25, 0.3) is 0 Å². The van der Waals surface area contributed by atoms with E-state index in [4.69, 9.17) is 6.57 Å². The summed E-state index contributed by atoms with van der Waals surface area (Å²) < 4.78 is 23.6. The molecule has 0 spiro atoms. The second kappa shape index (κ2) is 5.86. The average Bonchev–Trinajstić information content (AvgIpc) is 2.98. The maximum absolute atomic E-state index is 11.7. The zero-order valence-electron chi connectivity index (χ0n) is 12.4. The normalized spacial score (nSPS) is 20.5. The van der Waals surface area contributed by atoms with E-state index in [1.165, 1.54) is 41.6 Å². The lowest BCUT2D eigenvalue weighted by molar-refractivity contribution is 0.604. The van der Waals surface area contributed by atoms with Crippen molar-refractivity contribution >= 4 is 26.9 Å². The molecule has 0 saturated carbocycles. The Labute approximate surface area is 135 Å². The SMILES string of the molecule is [C-]#[N+]C(=C1C=CCC2=C1CCCC2)c1ccc(S(C)(=O)=O)s1. The standard InChI is InChI=1S/C17H17NO2S2/c1-18-17(15-10-11-16(21-15)22(2,19)20)14-9-5-7-12-6-3-4-8-13(12)14/h5,9-11H,3-4,6-8H2,2H3. The molecule has 0 radical (unpaired) electrons. The molecule has 3 nitrogen and oxygen atoms in total. The Kier molecular flexibility index (Phi) is 4.07. The maximum atomic E-state index is 11.7. The summed E-state index contributed by atoms with van der Waals surface area (Å²) in [4.78, 5) is 4.47. The fourth-order valence-corrected chi connectivity index (χ4v) is 4.99. The summed E-state index contributed by atoms with van der Waals surface area (Å²) in [6, 6.07) is 3.36. The van der Waals surface area contributed by atoms with Gasteiger partial charge in [-0.15, -0.1) is 11.3 Å². The molecule has 114 valence electrons. The quantitative estimate of drug-likeness (QED) is 0.742. The van der Waals surface area contributed by atoms with Crippen LogP contribution in [0.2, 0.25) is 0 Å². The first-order chi connectivity index (χ1) is 10.5. The van der Waals surface area contributed by atoms with Crippen LogP contribution in [0.5, 0.6) is 0 Å². The Morgan fingerprint density at radius 1 is 1.27 bits per heavy atom. The average molecular weight is 331 g/mol. The number of nitrogens with zero attached hydrogens (tertiary/aromatic N) is 1. The summed E-state index contributed by atoms with van der Waals surface area (Å²) in [5, 5.41) is 0. The lowest BCUT2D eigenvalue weighted by Gasteiger charge is -2.24. The Morgan fingerprint density at radius 2 is 2.05 bits per heavy atom. The monoisotopic (exact) mass is 331 g/mol. The molecule has 2 aliphatic rings. The Hall–Kier alpha value is -1.64. The molecule has 1 heterocycles. The molecule has 22 heavy (non-hydrogen) atoms. The third kappa shape index (κ3) is 2.81. The lowest BCUT2D eigenvalue weighted by atomic mass is 9.81. The van der Waals surface area contributed by atoms with E-state index in [1.807, 2.05) is 6.08 Å². The fraction of sp³-hybridized carbons (Fsp3) is 0.353. The van der Waals surface area contributed by atoms with E-state index in [1.54, 1.807) is 12.1 Å². The van der Waals surface area contributed by atoms with E-state index in [0.717, 1.165) is 29.7 Å². The van der Waals surface area contributed by atoms with Gasteiger partial charge < -0.3 is 0 Å². The molecule has 1 aromatic heterocycles. The van der Waals surface area contributed by atoms with Gasteiger partial charge in [-0.3, -0.25) is 0 Å². The van der Waals surface area contributed by atoms with Gasteiger partial charge in [-0.05, 0) is 43.7 Å². The van der Waals surface area contributed by atoms with Crippen molar-refractivity contribution in [2.24, 2.45) is 0 Å². The fourth-order valence-electron chi connectivity index (χ4n) is 3.05. The first-order valence-electron chi connectivity index (χ1n) is 7.30. The minimum atomic E-state index is -3.21. The zero-order chi connectivity index (χ0) is 15.7. The van der Waals surface area contributed by atoms with Crippen LogP contribution < -0.4 is 0 Å². The first-order valence-corrected chi connectivity index (χ1v) is 10.0. The number of hydrogen-bond donors (Lipinski definition) is 0. The van der Waals surface area contributed by atoms with E-state index in [2.05, 4.69) is 10.9 Å². The van der Waals surface area contributed by atoms with Crippen LogP contribution in [0.1, 0.15) is 37.0 Å². The summed E-state index contributed by atoms with van der Waals surface area (Å²) in [6.07, 6.45) is 10.9. The molecule has 0 N–H and O–H groups in total. The predicted octanol–water partition coefficient (Wildman–Crippen LogP) is 4.61. The maximum Gasteiger partial charge on any atom is 0.211 e. The van der Waals surface area contributed by atoms with Crippen LogP contribution in [0.4, 0.5) is 0 Å². The first kappa shape index (κ1) is 15.3. The van der Waals surface area contributed by atoms with Crippen LogP contribution in [-0.2, 0) is 9.84 Å². The Morgan fingerprint density at radius 3 is 2.73 bits per heavy atom. The molecule has 5 heteroatoms. The highest BCUT2D eigenvalue weighted by Gasteiger charge is 2.22. The number of sulfone groups is 1. The van der Waals surface area contributed by atoms with Gasteiger partial charge in [0.15, 0.2) is 9.84 Å². The summed E-state index contributed by atoms with van der Waals surface area (Å²) >= 11 is 1.19. The van der Waals surface area contributed by atoms with Gasteiger partial charge in [0.05, 0.1) is 6.57 Å². The van der Waals surface area contributed by atoms with Crippen molar-refractivity contribution < 1.29 is 8.42 Å². The van der Waals surface area contributed by atoms with Crippen molar-refractivity contribution in [1.29, 1.82) is 0 Å². The van der Waals surface area contributed by atoms with Gasteiger partial charge in [-0.25, -0.2) is 13.3 Å². The Bertz CT molecular complexity index is 845. The second-order valence-corrected chi connectivity index (χ2v) is 8.99. The zero-order valence-corrected chi connectivity index (χ0v) is 14.1. The third-order valence-corrected chi connectivity index (χ3v) is 7.01. The molecule has 3 rings (SSSR count). The summed E-state index contributed by atoms with van der Waals surface area (Å²) in [7, 11) is -3.21. The number of allylic oxidation sites excluding steroid dienone is 5. The highest BCUT2D eigenvalue weighted by molar-refractivity contribution is 7.92. The molecular formula is C17H17NO2S2. The third-order valence-electron chi connectivity index (χ3n) is 4.10. The van der Waals surface area contributed by atoms with E-state index >= 15 is 0 Å². The molecule has 0 aliphatic heterocycles. The van der Waals surface area contributed by atoms with E-state index in [9.17, 15) is 8.42 Å². The minimum absolute atomic E-state index is 0.321. The summed E-state index contributed by atoms with van der Waals surface area (Å²) in [6.45, 7) is 7.57. The predicted molar refractivity (Wildman–Crippen MR) is 90.2 cm³/mol. The van der Waals surface area contributed by atoms with Gasteiger partial charge in [0.2, 0.25) is 5.70 Å². The van der Waals surface area contributed by atoms with Crippen molar-refractivity contribution in [2.75, 3.05) is 6.26 Å². The number of hydrogen-bond acceptors (Lipinski definition) is 3. The highest BCUT2D eigenvalue weighted by Crippen LogP contribution is 2.40. The molecule has 0 atom stereocenters.